The van der Waals surface area contributed by atoms with Crippen LogP contribution in [0.4, 0.5) is 5.69 Å². The summed E-state index contributed by atoms with van der Waals surface area (Å²) in [6.45, 7) is 3.79. The van der Waals surface area contributed by atoms with Crippen LogP contribution in [0.2, 0.25) is 4.34 Å². The predicted molar refractivity (Wildman–Crippen MR) is 105 cm³/mol. The Hall–Kier alpha value is -2.38. The highest BCUT2D eigenvalue weighted by molar-refractivity contribution is 7.18. The number of nitrogens with zero attached hydrogens (tertiary/aromatic N) is 1. The van der Waals surface area contributed by atoms with E-state index in [1.807, 2.05) is 32.0 Å². The molecular formula is C18H19ClN4O2S. The molecule has 6 nitrogen and oxygen atoms in total. The monoisotopic (exact) mass is 390 g/mol. The van der Waals surface area contributed by atoms with Crippen molar-refractivity contribution in [3.05, 3.63) is 51.2 Å². The maximum atomic E-state index is 12.4. The molecule has 0 fully saturated rings. The largest absolute Gasteiger partial charge is 0.370 e. The number of benzene rings is 1. The highest BCUT2D eigenvalue weighted by atomic mass is 35.5. The number of guanidine groups is 1. The van der Waals surface area contributed by atoms with Gasteiger partial charge in [-0.15, -0.1) is 11.3 Å². The van der Waals surface area contributed by atoms with Crippen molar-refractivity contribution in [2.24, 2.45) is 16.6 Å². The molecule has 2 amide bonds. The van der Waals surface area contributed by atoms with Crippen LogP contribution in [0, 0.1) is 5.92 Å². The Morgan fingerprint density at radius 2 is 2.19 bits per heavy atom. The molecule has 0 bridgehead atoms. The molecule has 1 aliphatic rings. The van der Waals surface area contributed by atoms with Crippen molar-refractivity contribution in [2.75, 3.05) is 5.32 Å². The van der Waals surface area contributed by atoms with E-state index in [-0.39, 0.29) is 23.7 Å². The minimum atomic E-state index is -0.764. The van der Waals surface area contributed by atoms with E-state index in [2.05, 4.69) is 15.6 Å². The van der Waals surface area contributed by atoms with E-state index in [1.54, 1.807) is 18.2 Å². The highest BCUT2D eigenvalue weighted by Crippen LogP contribution is 2.40. The van der Waals surface area contributed by atoms with Crippen LogP contribution in [0.25, 0.3) is 0 Å². The standard InChI is InChI=1S/C18H19ClN4O2S/c1-3-18(10(2)15(24)22-17(20)23-18)11-5-4-6-12(9-11)21-16(25)13-7-8-14(19)26-13/h4-10H,3H2,1-2H3,(H,21,25)(H3,20,22,23,24)/t10?,18-/m0/s1. The second-order valence-electron chi connectivity index (χ2n) is 6.12. The average molecular weight is 391 g/mol. The van der Waals surface area contributed by atoms with Gasteiger partial charge in [-0.3, -0.25) is 14.9 Å². The molecule has 2 heterocycles. The molecule has 2 atom stereocenters. The molecule has 0 spiro atoms. The number of thiophene rings is 1. The Bertz CT molecular complexity index is 895. The third-order valence-electron chi connectivity index (χ3n) is 4.64. The normalized spacial score (nSPS) is 22.5. The molecule has 2 aromatic rings. The molecule has 136 valence electrons. The van der Waals surface area contributed by atoms with E-state index in [1.165, 1.54) is 11.3 Å². The SMILES string of the molecule is CC[C@]1(c2cccc(NC(=O)c3ccc(Cl)s3)c2)N=C(N)NC(=O)C1C. The van der Waals surface area contributed by atoms with E-state index < -0.39 is 5.54 Å². The molecule has 1 aromatic heterocycles. The summed E-state index contributed by atoms with van der Waals surface area (Å²) in [7, 11) is 0. The zero-order valence-corrected chi connectivity index (χ0v) is 15.9. The van der Waals surface area contributed by atoms with Gasteiger partial charge in [0.2, 0.25) is 5.91 Å². The van der Waals surface area contributed by atoms with Crippen molar-refractivity contribution in [3.8, 4) is 0 Å². The predicted octanol–water partition coefficient (Wildman–Crippen LogP) is 3.34. The zero-order valence-electron chi connectivity index (χ0n) is 14.4. The number of amides is 2. The summed E-state index contributed by atoms with van der Waals surface area (Å²) in [5.74, 6) is -0.677. The Morgan fingerprint density at radius 1 is 1.42 bits per heavy atom. The van der Waals surface area contributed by atoms with Crippen molar-refractivity contribution in [1.82, 2.24) is 5.32 Å². The summed E-state index contributed by atoms with van der Waals surface area (Å²) < 4.78 is 0.556. The van der Waals surface area contributed by atoms with Gasteiger partial charge >= 0.3 is 0 Å². The lowest BCUT2D eigenvalue weighted by Crippen LogP contribution is -2.53. The summed E-state index contributed by atoms with van der Waals surface area (Å²) in [5.41, 5.74) is 6.49. The quantitative estimate of drug-likeness (QED) is 0.746. The number of rotatable bonds is 4. The van der Waals surface area contributed by atoms with Crippen molar-refractivity contribution < 1.29 is 9.59 Å². The van der Waals surface area contributed by atoms with Gasteiger partial charge in [0.1, 0.15) is 5.54 Å². The van der Waals surface area contributed by atoms with E-state index in [0.29, 0.717) is 21.3 Å². The molecule has 0 saturated carbocycles. The Balaban J connectivity index is 1.94. The molecule has 4 N–H and O–H groups in total. The minimum absolute atomic E-state index is 0.109. The molecule has 8 heteroatoms. The van der Waals surface area contributed by atoms with Gasteiger partial charge in [0, 0.05) is 5.69 Å². The second-order valence-corrected chi connectivity index (χ2v) is 7.84. The van der Waals surface area contributed by atoms with Gasteiger partial charge in [-0.1, -0.05) is 37.6 Å². The highest BCUT2D eigenvalue weighted by Gasteiger charge is 2.43. The summed E-state index contributed by atoms with van der Waals surface area (Å²) in [4.78, 5) is 29.7. The first-order chi connectivity index (χ1) is 12.4. The summed E-state index contributed by atoms with van der Waals surface area (Å²) in [6, 6.07) is 10.7. The maximum Gasteiger partial charge on any atom is 0.265 e. The lowest BCUT2D eigenvalue weighted by atomic mass is 9.76. The number of nitrogens with two attached hydrogens (primary N) is 1. The lowest BCUT2D eigenvalue weighted by molar-refractivity contribution is -0.126. The van der Waals surface area contributed by atoms with E-state index >= 15 is 0 Å². The topological polar surface area (TPSA) is 96.6 Å². The van der Waals surface area contributed by atoms with Crippen LogP contribution < -0.4 is 16.4 Å². The maximum absolute atomic E-state index is 12.4. The molecule has 0 aliphatic carbocycles. The van der Waals surface area contributed by atoms with Crippen LogP contribution in [0.15, 0.2) is 41.4 Å². The van der Waals surface area contributed by atoms with Gasteiger partial charge < -0.3 is 11.1 Å². The number of carbonyl (C=O) groups excluding carboxylic acids is 2. The number of carbonyl (C=O) groups is 2. The van der Waals surface area contributed by atoms with E-state index in [4.69, 9.17) is 17.3 Å². The third kappa shape index (κ3) is 3.32. The number of aliphatic imine (C=N–C) groups is 1. The number of anilines is 1. The minimum Gasteiger partial charge on any atom is -0.370 e. The number of hydrogen-bond acceptors (Lipinski definition) is 5. The first kappa shape index (κ1) is 18.4. The molecule has 0 radical (unpaired) electrons. The Morgan fingerprint density at radius 3 is 2.85 bits per heavy atom. The van der Waals surface area contributed by atoms with Crippen LogP contribution in [-0.4, -0.2) is 17.8 Å². The molecule has 1 unspecified atom stereocenters. The number of nitrogens with one attached hydrogen (secondary N) is 2. The molecule has 1 aromatic carbocycles. The van der Waals surface area contributed by atoms with Gasteiger partial charge in [-0.05, 0) is 36.2 Å². The van der Waals surface area contributed by atoms with Crippen LogP contribution in [0.3, 0.4) is 0 Å². The van der Waals surface area contributed by atoms with Gasteiger partial charge in [-0.25, -0.2) is 4.99 Å². The number of hydrogen-bond donors (Lipinski definition) is 3. The fourth-order valence-corrected chi connectivity index (χ4v) is 4.13. The Labute approximate surface area is 160 Å². The zero-order chi connectivity index (χ0) is 18.9. The fraction of sp³-hybridized carbons (Fsp3) is 0.278. The number of halogens is 1. The second kappa shape index (κ2) is 7.09. The third-order valence-corrected chi connectivity index (χ3v) is 5.87. The van der Waals surface area contributed by atoms with Crippen molar-refractivity contribution >= 4 is 46.4 Å². The molecule has 1 aliphatic heterocycles. The van der Waals surface area contributed by atoms with Crippen LogP contribution >= 0.6 is 22.9 Å². The van der Waals surface area contributed by atoms with Gasteiger partial charge in [-0.2, -0.15) is 0 Å². The molecule has 26 heavy (non-hydrogen) atoms. The van der Waals surface area contributed by atoms with Gasteiger partial charge in [0.25, 0.3) is 5.91 Å². The van der Waals surface area contributed by atoms with Crippen LogP contribution in [-0.2, 0) is 10.3 Å². The first-order valence-corrected chi connectivity index (χ1v) is 9.38. The first-order valence-electron chi connectivity index (χ1n) is 8.19. The lowest BCUT2D eigenvalue weighted by Gasteiger charge is -2.38. The average Bonchev–Trinajstić information content (AvgIpc) is 3.05. The van der Waals surface area contributed by atoms with Crippen molar-refractivity contribution in [1.29, 1.82) is 0 Å². The van der Waals surface area contributed by atoms with Crippen LogP contribution in [0.1, 0.15) is 35.5 Å². The summed E-state index contributed by atoms with van der Waals surface area (Å²) in [6.07, 6.45) is 0.597. The van der Waals surface area contributed by atoms with Crippen molar-refractivity contribution in [2.45, 2.75) is 25.8 Å². The fourth-order valence-electron chi connectivity index (χ4n) is 3.19. The smallest absolute Gasteiger partial charge is 0.265 e. The summed E-state index contributed by atoms with van der Waals surface area (Å²) >= 11 is 7.10. The van der Waals surface area contributed by atoms with E-state index in [0.717, 1.165) is 5.56 Å². The molecular weight excluding hydrogens is 372 g/mol. The van der Waals surface area contributed by atoms with E-state index in [9.17, 15) is 9.59 Å². The van der Waals surface area contributed by atoms with Crippen molar-refractivity contribution in [3.63, 3.8) is 0 Å². The van der Waals surface area contributed by atoms with Gasteiger partial charge in [0.05, 0.1) is 15.1 Å². The van der Waals surface area contributed by atoms with Crippen LogP contribution in [0.5, 0.6) is 0 Å². The molecule has 3 rings (SSSR count). The molecule has 0 saturated heterocycles. The van der Waals surface area contributed by atoms with Gasteiger partial charge in [0.15, 0.2) is 5.96 Å². The summed E-state index contributed by atoms with van der Waals surface area (Å²) in [5, 5.41) is 5.43. The Kier molecular flexibility index (Phi) is 5.02.